The van der Waals surface area contributed by atoms with Gasteiger partial charge in [0.25, 0.3) is 0 Å². The van der Waals surface area contributed by atoms with E-state index in [1.165, 1.54) is 6.92 Å². The first-order valence-corrected chi connectivity index (χ1v) is 3.09. The van der Waals surface area contributed by atoms with Gasteiger partial charge in [0.1, 0.15) is 0 Å². The minimum absolute atomic E-state index is 0.422. The van der Waals surface area contributed by atoms with Crippen molar-refractivity contribution in [2.24, 2.45) is 5.18 Å². The Morgan fingerprint density at radius 2 is 2.20 bits per heavy atom. The molecule has 0 aromatic heterocycles. The van der Waals surface area contributed by atoms with Crippen LogP contribution in [0.15, 0.2) is 5.18 Å². The lowest BCUT2D eigenvalue weighted by Crippen LogP contribution is -2.28. The monoisotopic (exact) mass is 146 g/mol. The summed E-state index contributed by atoms with van der Waals surface area (Å²) in [6.07, 6.45) is 0.422. The smallest absolute Gasteiger partial charge is 0.235 e. The second kappa shape index (κ2) is 3.92. The summed E-state index contributed by atoms with van der Waals surface area (Å²) in [7, 11) is 0. The number of nitro groups is 1. The molecule has 0 spiro atoms. The van der Waals surface area contributed by atoms with E-state index in [1.807, 2.05) is 0 Å². The van der Waals surface area contributed by atoms with E-state index in [2.05, 4.69) is 5.18 Å². The van der Waals surface area contributed by atoms with Gasteiger partial charge in [-0.05, 0) is 6.42 Å². The van der Waals surface area contributed by atoms with E-state index < -0.39 is 17.0 Å². The second-order valence-corrected chi connectivity index (χ2v) is 2.11. The van der Waals surface area contributed by atoms with Crippen molar-refractivity contribution in [2.45, 2.75) is 32.4 Å². The fourth-order valence-corrected chi connectivity index (χ4v) is 0.644. The first-order chi connectivity index (χ1) is 4.63. The lowest BCUT2D eigenvalue weighted by molar-refractivity contribution is -0.521. The van der Waals surface area contributed by atoms with Gasteiger partial charge in [-0.1, -0.05) is 12.1 Å². The zero-order chi connectivity index (χ0) is 8.15. The molecule has 2 atom stereocenters. The van der Waals surface area contributed by atoms with Crippen molar-refractivity contribution < 1.29 is 4.92 Å². The van der Waals surface area contributed by atoms with Gasteiger partial charge in [0.15, 0.2) is 6.04 Å². The lowest BCUT2D eigenvalue weighted by atomic mass is 10.1. The predicted molar refractivity (Wildman–Crippen MR) is 36.3 cm³/mol. The van der Waals surface area contributed by atoms with Gasteiger partial charge in [0, 0.05) is 11.8 Å². The summed E-state index contributed by atoms with van der Waals surface area (Å²) in [5.74, 6) is 0. The van der Waals surface area contributed by atoms with Crippen LogP contribution in [0, 0.1) is 15.0 Å². The van der Waals surface area contributed by atoms with Crippen LogP contribution in [0.1, 0.15) is 20.3 Å². The molecule has 0 aliphatic carbocycles. The van der Waals surface area contributed by atoms with Gasteiger partial charge in [0.2, 0.25) is 6.04 Å². The van der Waals surface area contributed by atoms with Crippen molar-refractivity contribution in [1.82, 2.24) is 0 Å². The van der Waals surface area contributed by atoms with Gasteiger partial charge in [-0.2, -0.15) is 4.91 Å². The summed E-state index contributed by atoms with van der Waals surface area (Å²) in [5.41, 5.74) is 0. The second-order valence-electron chi connectivity index (χ2n) is 2.11. The highest BCUT2D eigenvalue weighted by molar-refractivity contribution is 4.69. The molecule has 0 fully saturated rings. The Bertz CT molecular complexity index is 137. The molecule has 0 aliphatic rings. The molecule has 0 aromatic carbocycles. The van der Waals surface area contributed by atoms with E-state index >= 15 is 0 Å². The van der Waals surface area contributed by atoms with Crippen LogP contribution in [0.25, 0.3) is 0 Å². The third kappa shape index (κ3) is 2.08. The molecule has 0 saturated heterocycles. The fourth-order valence-electron chi connectivity index (χ4n) is 0.644. The number of rotatable bonds is 4. The van der Waals surface area contributed by atoms with Crippen molar-refractivity contribution >= 4 is 0 Å². The molecule has 0 saturated carbocycles. The summed E-state index contributed by atoms with van der Waals surface area (Å²) in [4.78, 5) is 19.5. The minimum Gasteiger partial charge on any atom is -0.264 e. The molecule has 0 radical (unpaired) electrons. The van der Waals surface area contributed by atoms with Gasteiger partial charge >= 0.3 is 0 Å². The molecule has 58 valence electrons. The van der Waals surface area contributed by atoms with Crippen LogP contribution in [0.4, 0.5) is 0 Å². The van der Waals surface area contributed by atoms with E-state index in [9.17, 15) is 15.0 Å². The van der Waals surface area contributed by atoms with Crippen molar-refractivity contribution in [2.75, 3.05) is 0 Å². The number of hydrogen-bond donors (Lipinski definition) is 0. The van der Waals surface area contributed by atoms with Gasteiger partial charge in [-0.15, -0.1) is 0 Å². The van der Waals surface area contributed by atoms with Crippen LogP contribution in [-0.2, 0) is 0 Å². The Morgan fingerprint density at radius 1 is 1.70 bits per heavy atom. The Labute approximate surface area is 58.5 Å². The van der Waals surface area contributed by atoms with Gasteiger partial charge in [0.05, 0.1) is 0 Å². The molecule has 0 aromatic rings. The molecule has 0 amide bonds. The standard InChI is InChI=1S/C5H10N2O3/c1-3-5(6-8)4(2)7(9)10/h4-5H,3H2,1-2H3. The maximum absolute atomic E-state index is 10.1. The summed E-state index contributed by atoms with van der Waals surface area (Å²) in [6, 6.07) is -1.54. The van der Waals surface area contributed by atoms with Crippen molar-refractivity contribution in [3.8, 4) is 0 Å². The fraction of sp³-hybridized carbons (Fsp3) is 1.00. The summed E-state index contributed by atoms with van der Waals surface area (Å²) in [5, 5.41) is 12.7. The SMILES string of the molecule is CCC(N=O)C(C)[N+](=O)[O-]. The number of nitrogens with zero attached hydrogens (tertiary/aromatic N) is 2. The Morgan fingerprint density at radius 3 is 2.30 bits per heavy atom. The van der Waals surface area contributed by atoms with Crippen LogP contribution in [0.3, 0.4) is 0 Å². The molecule has 0 heterocycles. The number of nitroso groups, excluding NO2 is 1. The largest absolute Gasteiger partial charge is 0.264 e. The minimum atomic E-state index is -0.859. The topological polar surface area (TPSA) is 72.6 Å². The van der Waals surface area contributed by atoms with E-state index in [1.54, 1.807) is 6.92 Å². The highest BCUT2D eigenvalue weighted by atomic mass is 16.6. The van der Waals surface area contributed by atoms with Crippen LogP contribution in [0.5, 0.6) is 0 Å². The normalized spacial score (nSPS) is 15.8. The van der Waals surface area contributed by atoms with Crippen LogP contribution < -0.4 is 0 Å². The summed E-state index contributed by atoms with van der Waals surface area (Å²) < 4.78 is 0. The van der Waals surface area contributed by atoms with E-state index in [0.29, 0.717) is 6.42 Å². The van der Waals surface area contributed by atoms with Crippen molar-refractivity contribution in [3.63, 3.8) is 0 Å². The van der Waals surface area contributed by atoms with E-state index in [4.69, 9.17) is 0 Å². The number of hydrogen-bond acceptors (Lipinski definition) is 4. The molecule has 0 aliphatic heterocycles. The summed E-state index contributed by atoms with van der Waals surface area (Å²) >= 11 is 0. The van der Waals surface area contributed by atoms with E-state index in [-0.39, 0.29) is 0 Å². The molecule has 5 nitrogen and oxygen atoms in total. The maximum atomic E-state index is 10.1. The van der Waals surface area contributed by atoms with Crippen LogP contribution in [-0.4, -0.2) is 17.0 Å². The van der Waals surface area contributed by atoms with Gasteiger partial charge < -0.3 is 0 Å². The molecular formula is C5H10N2O3. The van der Waals surface area contributed by atoms with Crippen molar-refractivity contribution in [1.29, 1.82) is 0 Å². The quantitative estimate of drug-likeness (QED) is 0.339. The first-order valence-electron chi connectivity index (χ1n) is 3.09. The highest BCUT2D eigenvalue weighted by Gasteiger charge is 2.25. The zero-order valence-corrected chi connectivity index (χ0v) is 5.98. The molecule has 0 N–H and O–H groups in total. The third-order valence-corrected chi connectivity index (χ3v) is 1.44. The molecule has 0 rings (SSSR count). The lowest BCUT2D eigenvalue weighted by Gasteiger charge is -2.06. The highest BCUT2D eigenvalue weighted by Crippen LogP contribution is 2.05. The van der Waals surface area contributed by atoms with Crippen molar-refractivity contribution in [3.05, 3.63) is 15.0 Å². The average molecular weight is 146 g/mol. The van der Waals surface area contributed by atoms with Gasteiger partial charge in [-0.3, -0.25) is 10.1 Å². The van der Waals surface area contributed by atoms with Crippen LogP contribution >= 0.6 is 0 Å². The predicted octanol–water partition coefficient (Wildman–Crippen LogP) is 1.20. The average Bonchev–Trinajstić information content (AvgIpc) is 1.90. The molecule has 10 heavy (non-hydrogen) atoms. The van der Waals surface area contributed by atoms with Crippen LogP contribution in [0.2, 0.25) is 0 Å². The molecular weight excluding hydrogens is 136 g/mol. The maximum Gasteiger partial charge on any atom is 0.235 e. The molecule has 5 heteroatoms. The zero-order valence-electron chi connectivity index (χ0n) is 5.98. The molecule has 2 unspecified atom stereocenters. The Balaban J connectivity index is 4.00. The Hall–Kier alpha value is -1.00. The summed E-state index contributed by atoms with van der Waals surface area (Å²) in [6.45, 7) is 3.08. The van der Waals surface area contributed by atoms with Gasteiger partial charge in [-0.25, -0.2) is 0 Å². The van der Waals surface area contributed by atoms with E-state index in [0.717, 1.165) is 0 Å². The first kappa shape index (κ1) is 9.00. The Kier molecular flexibility index (Phi) is 3.53. The third-order valence-electron chi connectivity index (χ3n) is 1.44. The molecule has 0 bridgehead atoms.